The van der Waals surface area contributed by atoms with Crippen molar-refractivity contribution >= 4 is 18.1 Å². The summed E-state index contributed by atoms with van der Waals surface area (Å²) in [7, 11) is 1.36. The Morgan fingerprint density at radius 2 is 1.85 bits per heavy atom. The monoisotopic (exact) mass is 269 g/mol. The van der Waals surface area contributed by atoms with E-state index in [0.29, 0.717) is 12.0 Å². The molecule has 0 aliphatic carbocycles. The molecule has 0 atom stereocenters. The molecule has 0 saturated carbocycles. The van der Waals surface area contributed by atoms with Crippen molar-refractivity contribution in [1.29, 1.82) is 0 Å². The maximum atomic E-state index is 11.4. The van der Waals surface area contributed by atoms with Crippen molar-refractivity contribution in [3.8, 4) is 11.1 Å². The van der Waals surface area contributed by atoms with Crippen LogP contribution in [-0.4, -0.2) is 19.5 Å². The summed E-state index contributed by atoms with van der Waals surface area (Å²) in [5, 5.41) is 2.63. The fourth-order valence-electron chi connectivity index (χ4n) is 1.99. The lowest BCUT2D eigenvalue weighted by atomic mass is 9.99. The number of carbonyl (C=O) groups is 2. The Labute approximate surface area is 117 Å². The van der Waals surface area contributed by atoms with Crippen LogP contribution in [0, 0.1) is 6.92 Å². The zero-order valence-electron chi connectivity index (χ0n) is 11.3. The first-order valence-corrected chi connectivity index (χ1v) is 6.15. The normalized spacial score (nSPS) is 9.90. The maximum Gasteiger partial charge on any atom is 0.337 e. The van der Waals surface area contributed by atoms with Crippen LogP contribution in [0.15, 0.2) is 42.5 Å². The van der Waals surface area contributed by atoms with Gasteiger partial charge in [-0.2, -0.15) is 0 Å². The second-order valence-electron chi connectivity index (χ2n) is 4.36. The van der Waals surface area contributed by atoms with Crippen LogP contribution in [0.4, 0.5) is 5.69 Å². The lowest BCUT2D eigenvalue weighted by Crippen LogP contribution is -2.00. The second kappa shape index (κ2) is 6.02. The number of hydrogen-bond acceptors (Lipinski definition) is 3. The van der Waals surface area contributed by atoms with E-state index >= 15 is 0 Å². The molecule has 0 radical (unpaired) electrons. The number of aryl methyl sites for hydroxylation is 1. The molecular weight excluding hydrogens is 254 g/mol. The number of nitrogens with one attached hydrogen (secondary N) is 1. The van der Waals surface area contributed by atoms with E-state index in [1.54, 1.807) is 12.1 Å². The lowest BCUT2D eigenvalue weighted by Gasteiger charge is -2.09. The van der Waals surface area contributed by atoms with Gasteiger partial charge in [-0.25, -0.2) is 4.79 Å². The van der Waals surface area contributed by atoms with Crippen molar-refractivity contribution in [2.75, 3.05) is 12.4 Å². The van der Waals surface area contributed by atoms with Crippen LogP contribution >= 0.6 is 0 Å². The molecule has 20 heavy (non-hydrogen) atoms. The minimum Gasteiger partial charge on any atom is -0.465 e. The van der Waals surface area contributed by atoms with Gasteiger partial charge in [-0.3, -0.25) is 4.79 Å². The van der Waals surface area contributed by atoms with Crippen LogP contribution in [0.5, 0.6) is 0 Å². The Morgan fingerprint density at radius 1 is 1.15 bits per heavy atom. The van der Waals surface area contributed by atoms with Gasteiger partial charge in [0.2, 0.25) is 6.41 Å². The highest BCUT2D eigenvalue weighted by Gasteiger charge is 2.07. The molecule has 2 aromatic rings. The van der Waals surface area contributed by atoms with Crippen molar-refractivity contribution in [3.63, 3.8) is 0 Å². The zero-order chi connectivity index (χ0) is 14.5. The van der Waals surface area contributed by atoms with Gasteiger partial charge in [0, 0.05) is 5.69 Å². The molecule has 102 valence electrons. The van der Waals surface area contributed by atoms with E-state index in [1.807, 2.05) is 37.3 Å². The van der Waals surface area contributed by atoms with Gasteiger partial charge < -0.3 is 10.1 Å². The van der Waals surface area contributed by atoms with Crippen LogP contribution < -0.4 is 5.32 Å². The second-order valence-corrected chi connectivity index (χ2v) is 4.36. The van der Waals surface area contributed by atoms with Gasteiger partial charge in [0.25, 0.3) is 0 Å². The minimum atomic E-state index is -0.357. The zero-order valence-corrected chi connectivity index (χ0v) is 11.3. The first kappa shape index (κ1) is 13.8. The van der Waals surface area contributed by atoms with E-state index in [-0.39, 0.29) is 5.97 Å². The predicted molar refractivity (Wildman–Crippen MR) is 77.6 cm³/mol. The molecule has 1 N–H and O–H groups in total. The van der Waals surface area contributed by atoms with E-state index < -0.39 is 0 Å². The summed E-state index contributed by atoms with van der Waals surface area (Å²) < 4.78 is 4.67. The molecule has 2 rings (SSSR count). The summed E-state index contributed by atoms with van der Waals surface area (Å²) in [6.07, 6.45) is 0.648. The molecule has 2 aromatic carbocycles. The van der Waals surface area contributed by atoms with Gasteiger partial charge in [0.15, 0.2) is 0 Å². The molecule has 0 spiro atoms. The SMILES string of the molecule is COC(=O)c1ccc(-c2cc(NC=O)ccc2C)cc1. The van der Waals surface area contributed by atoms with Gasteiger partial charge in [-0.15, -0.1) is 0 Å². The average molecular weight is 269 g/mol. The van der Waals surface area contributed by atoms with Gasteiger partial charge in [-0.1, -0.05) is 18.2 Å². The summed E-state index contributed by atoms with van der Waals surface area (Å²) >= 11 is 0. The number of methoxy groups -OCH3 is 1. The molecule has 0 bridgehead atoms. The molecule has 0 fully saturated rings. The maximum absolute atomic E-state index is 11.4. The fourth-order valence-corrected chi connectivity index (χ4v) is 1.99. The van der Waals surface area contributed by atoms with Crippen LogP contribution in [0.1, 0.15) is 15.9 Å². The molecule has 4 nitrogen and oxygen atoms in total. The Morgan fingerprint density at radius 3 is 2.45 bits per heavy atom. The average Bonchev–Trinajstić information content (AvgIpc) is 2.49. The van der Waals surface area contributed by atoms with Gasteiger partial charge in [0.05, 0.1) is 12.7 Å². The number of ether oxygens (including phenoxy) is 1. The third-order valence-electron chi connectivity index (χ3n) is 3.08. The number of esters is 1. The number of benzene rings is 2. The summed E-state index contributed by atoms with van der Waals surface area (Å²) in [5.74, 6) is -0.357. The van der Waals surface area contributed by atoms with Crippen molar-refractivity contribution in [3.05, 3.63) is 53.6 Å². The van der Waals surface area contributed by atoms with E-state index in [9.17, 15) is 9.59 Å². The van der Waals surface area contributed by atoms with Crippen molar-refractivity contribution < 1.29 is 14.3 Å². The van der Waals surface area contributed by atoms with Crippen LogP contribution in [0.25, 0.3) is 11.1 Å². The molecule has 0 aliphatic rings. The predicted octanol–water partition coefficient (Wildman–Crippen LogP) is 3.02. The van der Waals surface area contributed by atoms with Crippen LogP contribution in [-0.2, 0) is 9.53 Å². The smallest absolute Gasteiger partial charge is 0.337 e. The van der Waals surface area contributed by atoms with Gasteiger partial charge in [-0.05, 0) is 47.9 Å². The number of anilines is 1. The molecule has 0 heterocycles. The molecule has 0 unspecified atom stereocenters. The third kappa shape index (κ3) is 2.85. The number of carbonyl (C=O) groups excluding carboxylic acids is 2. The molecule has 4 heteroatoms. The Hall–Kier alpha value is -2.62. The Kier molecular flexibility index (Phi) is 4.15. The number of hydrogen-bond donors (Lipinski definition) is 1. The summed E-state index contributed by atoms with van der Waals surface area (Å²) in [6, 6.07) is 12.8. The minimum absolute atomic E-state index is 0.357. The standard InChI is InChI=1S/C16H15NO3/c1-11-3-8-14(17-10-18)9-15(11)12-4-6-13(7-5-12)16(19)20-2/h3-10H,1-2H3,(H,17,18). The summed E-state index contributed by atoms with van der Waals surface area (Å²) in [5.41, 5.74) is 4.32. The van der Waals surface area contributed by atoms with Crippen molar-refractivity contribution in [2.45, 2.75) is 6.92 Å². The fraction of sp³-hybridized carbons (Fsp3) is 0.125. The first-order valence-electron chi connectivity index (χ1n) is 6.15. The van der Waals surface area contributed by atoms with Gasteiger partial charge >= 0.3 is 5.97 Å². The summed E-state index contributed by atoms with van der Waals surface area (Å²) in [4.78, 5) is 21.9. The van der Waals surface area contributed by atoms with Crippen LogP contribution in [0.3, 0.4) is 0 Å². The van der Waals surface area contributed by atoms with E-state index in [1.165, 1.54) is 7.11 Å². The van der Waals surface area contributed by atoms with E-state index in [2.05, 4.69) is 10.1 Å². The first-order chi connectivity index (χ1) is 9.65. The van der Waals surface area contributed by atoms with Gasteiger partial charge in [0.1, 0.15) is 0 Å². The van der Waals surface area contributed by atoms with Crippen molar-refractivity contribution in [2.24, 2.45) is 0 Å². The quantitative estimate of drug-likeness (QED) is 0.685. The Bertz CT molecular complexity index is 633. The van der Waals surface area contributed by atoms with E-state index in [4.69, 9.17) is 0 Å². The summed E-state index contributed by atoms with van der Waals surface area (Å²) in [6.45, 7) is 1.99. The highest BCUT2D eigenvalue weighted by Crippen LogP contribution is 2.26. The van der Waals surface area contributed by atoms with Crippen molar-refractivity contribution in [1.82, 2.24) is 0 Å². The molecule has 0 aliphatic heterocycles. The number of rotatable bonds is 4. The van der Waals surface area contributed by atoms with Crippen LogP contribution in [0.2, 0.25) is 0 Å². The molecule has 1 amide bonds. The Balaban J connectivity index is 2.38. The molecular formula is C16H15NO3. The highest BCUT2D eigenvalue weighted by atomic mass is 16.5. The number of amides is 1. The molecule has 0 aromatic heterocycles. The van der Waals surface area contributed by atoms with E-state index in [0.717, 1.165) is 22.4 Å². The lowest BCUT2D eigenvalue weighted by molar-refractivity contribution is -0.105. The topological polar surface area (TPSA) is 55.4 Å². The largest absolute Gasteiger partial charge is 0.465 e. The molecule has 0 saturated heterocycles. The highest BCUT2D eigenvalue weighted by molar-refractivity contribution is 5.90. The third-order valence-corrected chi connectivity index (χ3v) is 3.08.